The first-order valence-electron chi connectivity index (χ1n) is 8.63. The van der Waals surface area contributed by atoms with Gasteiger partial charge in [0.05, 0.1) is 0 Å². The predicted molar refractivity (Wildman–Crippen MR) is 108 cm³/mol. The average molecular weight is 387 g/mol. The molecule has 0 bridgehead atoms. The van der Waals surface area contributed by atoms with Crippen LogP contribution in [0.4, 0.5) is 4.39 Å². The van der Waals surface area contributed by atoms with Crippen LogP contribution in [0.15, 0.2) is 64.6 Å². The second-order valence-electron chi connectivity index (χ2n) is 7.55. The highest BCUT2D eigenvalue weighted by Gasteiger charge is 2.37. The van der Waals surface area contributed by atoms with Crippen LogP contribution in [0, 0.1) is 11.2 Å². The van der Waals surface area contributed by atoms with Crippen molar-refractivity contribution in [2.45, 2.75) is 19.8 Å². The lowest BCUT2D eigenvalue weighted by Gasteiger charge is -2.38. The Balaban J connectivity index is 1.78. The molecule has 26 heavy (non-hydrogen) atoms. The van der Waals surface area contributed by atoms with Gasteiger partial charge in [0.15, 0.2) is 5.17 Å². The van der Waals surface area contributed by atoms with Crippen LogP contribution in [0.5, 0.6) is 0 Å². The Kier molecular flexibility index (Phi) is 4.57. The molecule has 0 amide bonds. The van der Waals surface area contributed by atoms with E-state index in [9.17, 15) is 4.39 Å². The Morgan fingerprint density at radius 2 is 1.69 bits per heavy atom. The molecule has 0 aromatic heterocycles. The summed E-state index contributed by atoms with van der Waals surface area (Å²) in [4.78, 5) is 7.08. The fourth-order valence-corrected chi connectivity index (χ4v) is 4.51. The van der Waals surface area contributed by atoms with Crippen molar-refractivity contribution in [1.29, 1.82) is 0 Å². The van der Waals surface area contributed by atoms with Gasteiger partial charge in [0.25, 0.3) is 0 Å². The van der Waals surface area contributed by atoms with E-state index in [2.05, 4.69) is 24.2 Å². The fourth-order valence-electron chi connectivity index (χ4n) is 3.46. The number of aliphatic imine (C=N–C) groups is 1. The minimum Gasteiger partial charge on any atom is -0.323 e. The van der Waals surface area contributed by atoms with E-state index in [0.717, 1.165) is 29.4 Å². The number of thioether (sulfide) groups is 1. The van der Waals surface area contributed by atoms with E-state index in [0.29, 0.717) is 5.02 Å². The maximum atomic E-state index is 13.5. The summed E-state index contributed by atoms with van der Waals surface area (Å²) in [5, 5.41) is 3.95. The fraction of sp³-hybridized carbons (Fsp3) is 0.286. The molecule has 4 rings (SSSR count). The van der Waals surface area contributed by atoms with Gasteiger partial charge >= 0.3 is 0 Å². The topological polar surface area (TPSA) is 15.6 Å². The highest BCUT2D eigenvalue weighted by atomic mass is 35.5. The Morgan fingerprint density at radius 1 is 1.08 bits per heavy atom. The Morgan fingerprint density at radius 3 is 2.35 bits per heavy atom. The number of allylic oxidation sites excluding steroid dienone is 1. The van der Waals surface area contributed by atoms with E-state index in [1.165, 1.54) is 17.8 Å². The third kappa shape index (κ3) is 3.40. The van der Waals surface area contributed by atoms with E-state index in [1.54, 1.807) is 11.8 Å². The molecule has 2 aliphatic rings. The molecule has 2 aromatic carbocycles. The summed E-state index contributed by atoms with van der Waals surface area (Å²) in [5.74, 6) is -0.207. The van der Waals surface area contributed by atoms with Crippen molar-refractivity contribution in [3.63, 3.8) is 0 Å². The first kappa shape index (κ1) is 17.6. The van der Waals surface area contributed by atoms with Gasteiger partial charge in [-0.25, -0.2) is 4.39 Å². The van der Waals surface area contributed by atoms with Gasteiger partial charge in [-0.15, -0.1) is 0 Å². The number of amidine groups is 1. The number of hydrogen-bond donors (Lipinski definition) is 0. The van der Waals surface area contributed by atoms with Gasteiger partial charge in [-0.2, -0.15) is 0 Å². The summed E-state index contributed by atoms with van der Waals surface area (Å²) < 4.78 is 13.5. The lowest BCUT2D eigenvalue weighted by Crippen LogP contribution is -2.41. The minimum atomic E-state index is -0.222. The van der Waals surface area contributed by atoms with E-state index < -0.39 is 0 Å². The van der Waals surface area contributed by atoms with Crippen LogP contribution in [0.3, 0.4) is 0 Å². The summed E-state index contributed by atoms with van der Waals surface area (Å²) in [6, 6.07) is 14.7. The molecule has 2 aromatic rings. The molecular weight excluding hydrogens is 367 g/mol. The molecule has 0 saturated heterocycles. The van der Waals surface area contributed by atoms with Gasteiger partial charge in [-0.3, -0.25) is 4.99 Å². The lowest BCUT2D eigenvalue weighted by atomic mass is 9.86. The SMILES string of the molecule is CC1(C)CN=C2SC=C(C(c3ccc(F)cc3)c3ccc(Cl)cc3)N2C1. The maximum Gasteiger partial charge on any atom is 0.167 e. The van der Waals surface area contributed by atoms with Crippen LogP contribution < -0.4 is 0 Å². The van der Waals surface area contributed by atoms with Crippen molar-refractivity contribution in [3.05, 3.63) is 81.6 Å². The molecule has 0 fully saturated rings. The van der Waals surface area contributed by atoms with Gasteiger partial charge < -0.3 is 4.90 Å². The monoisotopic (exact) mass is 386 g/mol. The molecule has 5 heteroatoms. The van der Waals surface area contributed by atoms with Crippen molar-refractivity contribution in [2.24, 2.45) is 10.4 Å². The lowest BCUT2D eigenvalue weighted by molar-refractivity contribution is 0.271. The van der Waals surface area contributed by atoms with Crippen LogP contribution in [0.25, 0.3) is 0 Å². The van der Waals surface area contributed by atoms with E-state index >= 15 is 0 Å². The molecular formula is C21H20ClFN2S. The zero-order valence-corrected chi connectivity index (χ0v) is 16.3. The summed E-state index contributed by atoms with van der Waals surface area (Å²) in [6.07, 6.45) is 0. The molecule has 2 nitrogen and oxygen atoms in total. The van der Waals surface area contributed by atoms with Crippen molar-refractivity contribution in [3.8, 4) is 0 Å². The Bertz CT molecular complexity index is 826. The number of halogens is 2. The minimum absolute atomic E-state index is 0.0157. The highest BCUT2D eigenvalue weighted by molar-refractivity contribution is 8.16. The first-order valence-corrected chi connectivity index (χ1v) is 9.88. The number of rotatable bonds is 3. The Hall–Kier alpha value is -1.78. The number of hydrogen-bond acceptors (Lipinski definition) is 3. The van der Waals surface area contributed by atoms with Crippen molar-refractivity contribution in [2.75, 3.05) is 13.1 Å². The number of benzene rings is 2. The van der Waals surface area contributed by atoms with Gasteiger partial charge in [-0.05, 0) is 40.8 Å². The van der Waals surface area contributed by atoms with E-state index in [-0.39, 0.29) is 17.2 Å². The van der Waals surface area contributed by atoms with Crippen LogP contribution in [-0.2, 0) is 0 Å². The zero-order chi connectivity index (χ0) is 18.3. The zero-order valence-electron chi connectivity index (χ0n) is 14.7. The largest absolute Gasteiger partial charge is 0.323 e. The molecule has 0 N–H and O–H groups in total. The molecule has 1 unspecified atom stereocenters. The quantitative estimate of drug-likeness (QED) is 0.652. The highest BCUT2D eigenvalue weighted by Crippen LogP contribution is 2.43. The third-order valence-corrected chi connectivity index (χ3v) is 5.93. The van der Waals surface area contributed by atoms with Crippen LogP contribution in [0.2, 0.25) is 5.02 Å². The molecule has 0 spiro atoms. The van der Waals surface area contributed by atoms with Gasteiger partial charge in [0, 0.05) is 35.1 Å². The van der Waals surface area contributed by atoms with E-state index in [4.69, 9.17) is 16.6 Å². The van der Waals surface area contributed by atoms with Crippen molar-refractivity contribution < 1.29 is 4.39 Å². The van der Waals surface area contributed by atoms with Crippen LogP contribution >= 0.6 is 23.4 Å². The second kappa shape index (κ2) is 6.75. The molecule has 0 aliphatic carbocycles. The standard InChI is InChI=1S/C21H20ClFN2S/c1-21(2)12-24-20-25(13-21)18(11-26-20)19(14-3-7-16(22)8-4-14)15-5-9-17(23)10-6-15/h3-11,19H,12-13H2,1-2H3. The first-order chi connectivity index (χ1) is 12.4. The van der Waals surface area contributed by atoms with E-state index in [1.807, 2.05) is 36.4 Å². The number of nitrogens with zero attached hydrogens (tertiary/aromatic N) is 2. The summed E-state index contributed by atoms with van der Waals surface area (Å²) >= 11 is 7.77. The smallest absolute Gasteiger partial charge is 0.167 e. The molecule has 0 saturated carbocycles. The Labute approximate surface area is 162 Å². The van der Waals surface area contributed by atoms with Crippen LogP contribution in [0.1, 0.15) is 30.9 Å². The van der Waals surface area contributed by atoms with Gasteiger partial charge in [0.1, 0.15) is 5.82 Å². The summed E-state index contributed by atoms with van der Waals surface area (Å²) in [6.45, 7) is 6.25. The van der Waals surface area contributed by atoms with Crippen molar-refractivity contribution >= 4 is 28.5 Å². The molecule has 2 aliphatic heterocycles. The summed E-state index contributed by atoms with van der Waals surface area (Å²) in [5.41, 5.74) is 3.51. The molecule has 134 valence electrons. The van der Waals surface area contributed by atoms with Gasteiger partial charge in [0.2, 0.25) is 0 Å². The predicted octanol–water partition coefficient (Wildman–Crippen LogP) is 5.90. The second-order valence-corrected chi connectivity index (χ2v) is 8.82. The normalized spacial score (nSPS) is 19.6. The average Bonchev–Trinajstić information content (AvgIpc) is 3.00. The molecule has 1 atom stereocenters. The third-order valence-electron chi connectivity index (χ3n) is 4.76. The molecule has 0 radical (unpaired) electrons. The summed E-state index contributed by atoms with van der Waals surface area (Å²) in [7, 11) is 0. The maximum absolute atomic E-state index is 13.5. The van der Waals surface area contributed by atoms with Crippen molar-refractivity contribution in [1.82, 2.24) is 4.90 Å². The number of fused-ring (bicyclic) bond motifs is 1. The van der Waals surface area contributed by atoms with Gasteiger partial charge in [-0.1, -0.05) is 61.5 Å². The molecule has 2 heterocycles. The van der Waals surface area contributed by atoms with Crippen LogP contribution in [-0.4, -0.2) is 23.2 Å².